The first-order valence-corrected chi connectivity index (χ1v) is 3.98. The number of esters is 1. The fraction of sp³-hybridized carbons (Fsp3) is 0.800. The second kappa shape index (κ2) is 5.04. The summed E-state index contributed by atoms with van der Waals surface area (Å²) in [5.74, 6) is -0.640. The molecule has 0 fully saturated rings. The molecule has 0 amide bonds. The van der Waals surface area contributed by atoms with Crippen LogP contribution in [0.1, 0.15) is 12.8 Å². The molecule has 66 valence electrons. The minimum absolute atomic E-state index is 0.0460. The zero-order valence-corrected chi connectivity index (χ0v) is 7.79. The minimum Gasteiger partial charge on any atom is -0.415 e. The highest BCUT2D eigenvalue weighted by molar-refractivity contribution is 6.66. The lowest BCUT2D eigenvalue weighted by atomic mass is 10.3. The van der Waals surface area contributed by atoms with Gasteiger partial charge in [-0.25, -0.2) is 0 Å². The Morgan fingerprint density at radius 2 is 2.00 bits per heavy atom. The van der Waals surface area contributed by atoms with Gasteiger partial charge < -0.3 is 9.84 Å². The number of ether oxygens (including phenoxy) is 1. The molecule has 0 aliphatic carbocycles. The molecule has 0 bridgehead atoms. The largest absolute Gasteiger partial charge is 0.415 e. The zero-order valence-electron chi connectivity index (χ0n) is 5.52. The summed E-state index contributed by atoms with van der Waals surface area (Å²) < 4.78 is 2.29. The molecule has 0 aromatic rings. The Bertz CT molecular complexity index is 131. The summed E-state index contributed by atoms with van der Waals surface area (Å²) in [5, 5.41) is 8.31. The first-order chi connectivity index (χ1) is 4.95. The first-order valence-electron chi connectivity index (χ1n) is 2.85. The van der Waals surface area contributed by atoms with Crippen LogP contribution in [-0.4, -0.2) is 21.7 Å². The van der Waals surface area contributed by atoms with Crippen molar-refractivity contribution >= 4 is 40.8 Å². The van der Waals surface area contributed by atoms with Crippen LogP contribution < -0.4 is 0 Å². The molecule has 0 aromatic carbocycles. The first kappa shape index (κ1) is 11.3. The van der Waals surface area contributed by atoms with Gasteiger partial charge in [0, 0.05) is 13.0 Å². The van der Waals surface area contributed by atoms with Crippen molar-refractivity contribution in [3.8, 4) is 0 Å². The van der Waals surface area contributed by atoms with Crippen LogP contribution in [0.15, 0.2) is 0 Å². The number of carbonyl (C=O) groups excluding carboxylic acids is 1. The smallest absolute Gasteiger partial charge is 0.340 e. The van der Waals surface area contributed by atoms with Gasteiger partial charge >= 0.3 is 9.95 Å². The van der Waals surface area contributed by atoms with Gasteiger partial charge in [-0.15, -0.1) is 0 Å². The molecule has 0 spiro atoms. The molecule has 6 heteroatoms. The van der Waals surface area contributed by atoms with Crippen LogP contribution in [0, 0.1) is 0 Å². The maximum atomic E-state index is 10.6. The summed E-state index contributed by atoms with van der Waals surface area (Å²) in [7, 11) is 0. The fourth-order valence-electron chi connectivity index (χ4n) is 0.404. The summed E-state index contributed by atoms with van der Waals surface area (Å²) in [6.07, 6.45) is 0.351. The van der Waals surface area contributed by atoms with E-state index in [1.165, 1.54) is 0 Å². The van der Waals surface area contributed by atoms with E-state index in [1.807, 2.05) is 0 Å². The van der Waals surface area contributed by atoms with E-state index < -0.39 is 9.95 Å². The molecule has 0 atom stereocenters. The molecule has 11 heavy (non-hydrogen) atoms. The maximum absolute atomic E-state index is 10.6. The summed E-state index contributed by atoms with van der Waals surface area (Å²) in [6, 6.07) is 0. The summed E-state index contributed by atoms with van der Waals surface area (Å²) in [4.78, 5) is 10.6. The molecule has 0 heterocycles. The Kier molecular flexibility index (Phi) is 5.17. The Balaban J connectivity index is 3.53. The van der Waals surface area contributed by atoms with Gasteiger partial charge in [-0.05, 0) is 41.2 Å². The van der Waals surface area contributed by atoms with Crippen LogP contribution in [-0.2, 0) is 9.53 Å². The molecule has 0 radical (unpaired) electrons. The second-order valence-electron chi connectivity index (χ2n) is 1.75. The lowest BCUT2D eigenvalue weighted by Crippen LogP contribution is -2.15. The highest BCUT2D eigenvalue weighted by atomic mass is 35.6. The van der Waals surface area contributed by atoms with Crippen molar-refractivity contribution in [2.75, 3.05) is 6.61 Å². The van der Waals surface area contributed by atoms with E-state index in [0.29, 0.717) is 6.42 Å². The van der Waals surface area contributed by atoms with Crippen LogP contribution in [0.5, 0.6) is 0 Å². The van der Waals surface area contributed by atoms with E-state index >= 15 is 0 Å². The molecule has 0 aliphatic heterocycles. The molecule has 0 saturated carbocycles. The van der Waals surface area contributed by atoms with Crippen molar-refractivity contribution in [2.24, 2.45) is 0 Å². The van der Waals surface area contributed by atoms with Crippen LogP contribution in [0.25, 0.3) is 0 Å². The number of hydrogen-bond acceptors (Lipinski definition) is 3. The highest BCUT2D eigenvalue weighted by Gasteiger charge is 2.24. The molecule has 0 aromatic heterocycles. The van der Waals surface area contributed by atoms with Crippen molar-refractivity contribution < 1.29 is 14.6 Å². The van der Waals surface area contributed by atoms with Crippen molar-refractivity contribution in [3.05, 3.63) is 0 Å². The summed E-state index contributed by atoms with van der Waals surface area (Å²) in [5.41, 5.74) is 0. The number of rotatable bonds is 3. The van der Waals surface area contributed by atoms with Gasteiger partial charge in [0.2, 0.25) is 0 Å². The molecular formula is C5H7Cl3O3. The summed E-state index contributed by atoms with van der Waals surface area (Å²) >= 11 is 15.4. The van der Waals surface area contributed by atoms with Gasteiger partial charge in [-0.2, -0.15) is 0 Å². The minimum atomic E-state index is -1.99. The van der Waals surface area contributed by atoms with Crippen LogP contribution in [0.2, 0.25) is 0 Å². The summed E-state index contributed by atoms with van der Waals surface area (Å²) in [6.45, 7) is -0.0883. The number of carbonyl (C=O) groups is 1. The van der Waals surface area contributed by atoms with E-state index in [0.717, 1.165) is 0 Å². The SMILES string of the molecule is O=C(CCCO)OC(Cl)(Cl)Cl. The molecular weight excluding hydrogens is 214 g/mol. The topological polar surface area (TPSA) is 46.5 Å². The quantitative estimate of drug-likeness (QED) is 0.582. The van der Waals surface area contributed by atoms with Crippen molar-refractivity contribution in [2.45, 2.75) is 16.8 Å². The third kappa shape index (κ3) is 8.20. The van der Waals surface area contributed by atoms with E-state index in [2.05, 4.69) is 4.74 Å². The number of halogens is 3. The number of aliphatic hydroxyl groups excluding tert-OH is 1. The standard InChI is InChI=1S/C5H7Cl3O3/c6-5(7,8)11-4(10)2-1-3-9/h9H,1-3H2. The van der Waals surface area contributed by atoms with Gasteiger partial charge in [0.1, 0.15) is 0 Å². The molecule has 1 N–H and O–H groups in total. The van der Waals surface area contributed by atoms with Crippen molar-refractivity contribution in [1.82, 2.24) is 0 Å². The molecule has 3 nitrogen and oxygen atoms in total. The number of alkyl halides is 3. The Labute approximate surface area is 79.2 Å². The van der Waals surface area contributed by atoms with Crippen LogP contribution >= 0.6 is 34.8 Å². The van der Waals surface area contributed by atoms with Crippen molar-refractivity contribution in [3.63, 3.8) is 0 Å². The fourth-order valence-corrected chi connectivity index (χ4v) is 0.662. The van der Waals surface area contributed by atoms with Gasteiger partial charge in [-0.3, -0.25) is 4.79 Å². The van der Waals surface area contributed by atoms with Crippen LogP contribution in [0.3, 0.4) is 0 Å². The zero-order chi connectivity index (χ0) is 8.91. The van der Waals surface area contributed by atoms with E-state index in [1.54, 1.807) is 0 Å². The molecule has 0 unspecified atom stereocenters. The van der Waals surface area contributed by atoms with Crippen LogP contribution in [0.4, 0.5) is 0 Å². The Hall–Kier alpha value is 0.300. The Morgan fingerprint density at radius 3 is 2.36 bits per heavy atom. The average molecular weight is 221 g/mol. The Morgan fingerprint density at radius 1 is 1.45 bits per heavy atom. The third-order valence-electron chi connectivity index (χ3n) is 0.769. The van der Waals surface area contributed by atoms with E-state index in [9.17, 15) is 4.79 Å². The predicted octanol–water partition coefficient (Wildman–Crippen LogP) is 1.63. The normalized spacial score (nSPS) is 11.3. The molecule has 0 aliphatic rings. The highest BCUT2D eigenvalue weighted by Crippen LogP contribution is 2.27. The number of hydrogen-bond donors (Lipinski definition) is 1. The van der Waals surface area contributed by atoms with Gasteiger partial charge in [0.05, 0.1) is 0 Å². The molecule has 0 rings (SSSR count). The maximum Gasteiger partial charge on any atom is 0.340 e. The van der Waals surface area contributed by atoms with E-state index in [-0.39, 0.29) is 13.0 Å². The van der Waals surface area contributed by atoms with E-state index in [4.69, 9.17) is 39.9 Å². The number of aliphatic hydroxyl groups is 1. The lowest BCUT2D eigenvalue weighted by Gasteiger charge is -2.10. The van der Waals surface area contributed by atoms with Crippen molar-refractivity contribution in [1.29, 1.82) is 0 Å². The van der Waals surface area contributed by atoms with Gasteiger partial charge in [0.25, 0.3) is 0 Å². The van der Waals surface area contributed by atoms with Gasteiger partial charge in [0.15, 0.2) is 0 Å². The lowest BCUT2D eigenvalue weighted by molar-refractivity contribution is -0.144. The average Bonchev–Trinajstić information content (AvgIpc) is 1.79. The van der Waals surface area contributed by atoms with Gasteiger partial charge in [-0.1, -0.05) is 0 Å². The second-order valence-corrected chi connectivity index (χ2v) is 3.92. The third-order valence-corrected chi connectivity index (χ3v) is 1.00. The molecule has 0 saturated heterocycles. The monoisotopic (exact) mass is 220 g/mol. The predicted molar refractivity (Wildman–Crippen MR) is 42.7 cm³/mol.